The van der Waals surface area contributed by atoms with E-state index in [-0.39, 0.29) is 17.8 Å². The first kappa shape index (κ1) is 20.5. The number of amides is 1. The summed E-state index contributed by atoms with van der Waals surface area (Å²) in [4.78, 5) is 21.2. The van der Waals surface area contributed by atoms with Gasteiger partial charge in [0.15, 0.2) is 0 Å². The first-order chi connectivity index (χ1) is 14.4. The minimum atomic E-state index is -0.299. The van der Waals surface area contributed by atoms with E-state index in [9.17, 15) is 9.18 Å². The van der Waals surface area contributed by atoms with Crippen molar-refractivity contribution in [2.45, 2.75) is 19.9 Å². The van der Waals surface area contributed by atoms with Gasteiger partial charge in [0.05, 0.1) is 6.04 Å². The maximum absolute atomic E-state index is 13.8. The summed E-state index contributed by atoms with van der Waals surface area (Å²) in [6, 6.07) is 11.8. The molecule has 4 rings (SSSR count). The molecular formula is C22H22ClFN4O2. The first-order valence-electron chi connectivity index (χ1n) is 9.81. The van der Waals surface area contributed by atoms with Gasteiger partial charge in [-0.1, -0.05) is 35.0 Å². The minimum absolute atomic E-state index is 0.0220. The van der Waals surface area contributed by atoms with Crippen LogP contribution in [0.15, 0.2) is 47.0 Å². The highest BCUT2D eigenvalue weighted by Gasteiger charge is 2.28. The summed E-state index contributed by atoms with van der Waals surface area (Å²) in [6.07, 6.45) is 0. The van der Waals surface area contributed by atoms with Gasteiger partial charge in [0.1, 0.15) is 5.82 Å². The summed E-state index contributed by atoms with van der Waals surface area (Å²) in [6.45, 7) is 6.26. The van der Waals surface area contributed by atoms with Gasteiger partial charge in [-0.2, -0.15) is 4.98 Å². The molecule has 0 saturated carbocycles. The van der Waals surface area contributed by atoms with E-state index in [4.69, 9.17) is 16.1 Å². The number of halogens is 2. The summed E-state index contributed by atoms with van der Waals surface area (Å²) in [5.74, 6) is 0.518. The van der Waals surface area contributed by atoms with Gasteiger partial charge in [-0.25, -0.2) is 4.39 Å². The van der Waals surface area contributed by atoms with Gasteiger partial charge in [0.25, 0.3) is 5.91 Å². The smallest absolute Gasteiger partial charge is 0.253 e. The quantitative estimate of drug-likeness (QED) is 0.618. The Morgan fingerprint density at radius 2 is 1.93 bits per heavy atom. The van der Waals surface area contributed by atoms with E-state index in [1.165, 1.54) is 6.07 Å². The summed E-state index contributed by atoms with van der Waals surface area (Å²) in [5, 5.41) is 4.56. The maximum atomic E-state index is 13.8. The van der Waals surface area contributed by atoms with E-state index in [1.807, 2.05) is 11.8 Å². The molecule has 1 aliphatic rings. The Labute approximate surface area is 179 Å². The van der Waals surface area contributed by atoms with E-state index in [0.29, 0.717) is 59.6 Å². The van der Waals surface area contributed by atoms with E-state index in [1.54, 1.807) is 43.3 Å². The number of carbonyl (C=O) groups is 1. The van der Waals surface area contributed by atoms with E-state index in [2.05, 4.69) is 15.0 Å². The molecule has 6 nitrogen and oxygen atoms in total. The van der Waals surface area contributed by atoms with Crippen molar-refractivity contribution in [3.8, 4) is 11.4 Å². The van der Waals surface area contributed by atoms with Crippen LogP contribution < -0.4 is 0 Å². The third-order valence-corrected chi connectivity index (χ3v) is 5.69. The standard InChI is InChI=1S/C22H22ClFN4O2/c1-14-6-7-16(13-19(14)24)20-25-21(30-26-20)15(2)27-8-10-28(11-9-27)22(29)17-4-3-5-18(23)12-17/h3-7,12-13,15H,8-11H2,1-2H3. The molecule has 2 aromatic carbocycles. The number of hydrogen-bond acceptors (Lipinski definition) is 5. The normalized spacial score (nSPS) is 15.9. The van der Waals surface area contributed by atoms with Gasteiger partial charge in [0, 0.05) is 42.3 Å². The van der Waals surface area contributed by atoms with Crippen LogP contribution in [0.3, 0.4) is 0 Å². The monoisotopic (exact) mass is 428 g/mol. The molecular weight excluding hydrogens is 407 g/mol. The average Bonchev–Trinajstić information content (AvgIpc) is 3.25. The molecule has 1 aromatic heterocycles. The maximum Gasteiger partial charge on any atom is 0.253 e. The van der Waals surface area contributed by atoms with Gasteiger partial charge in [-0.3, -0.25) is 9.69 Å². The molecule has 0 radical (unpaired) electrons. The Bertz CT molecular complexity index is 1060. The van der Waals surface area contributed by atoms with Crippen molar-refractivity contribution in [2.24, 2.45) is 0 Å². The first-order valence-corrected chi connectivity index (χ1v) is 10.2. The van der Waals surface area contributed by atoms with Crippen LogP contribution in [0.4, 0.5) is 4.39 Å². The number of aryl methyl sites for hydroxylation is 1. The Hall–Kier alpha value is -2.77. The highest BCUT2D eigenvalue weighted by Crippen LogP contribution is 2.25. The zero-order valence-electron chi connectivity index (χ0n) is 16.8. The van der Waals surface area contributed by atoms with Crippen LogP contribution in [0.2, 0.25) is 5.02 Å². The molecule has 1 fully saturated rings. The number of aromatic nitrogens is 2. The van der Waals surface area contributed by atoms with Crippen molar-refractivity contribution in [3.63, 3.8) is 0 Å². The fourth-order valence-electron chi connectivity index (χ4n) is 3.53. The van der Waals surface area contributed by atoms with E-state index >= 15 is 0 Å². The molecule has 1 atom stereocenters. The Kier molecular flexibility index (Phi) is 5.83. The van der Waals surface area contributed by atoms with Crippen molar-refractivity contribution in [1.82, 2.24) is 19.9 Å². The third-order valence-electron chi connectivity index (χ3n) is 5.45. The largest absolute Gasteiger partial charge is 0.337 e. The predicted octanol–water partition coefficient (Wildman–Crippen LogP) is 4.36. The molecule has 30 heavy (non-hydrogen) atoms. The number of carbonyl (C=O) groups excluding carboxylic acids is 1. The van der Waals surface area contributed by atoms with Crippen LogP contribution in [0.1, 0.15) is 34.8 Å². The van der Waals surface area contributed by atoms with Crippen molar-refractivity contribution < 1.29 is 13.7 Å². The lowest BCUT2D eigenvalue weighted by Gasteiger charge is -2.36. The summed E-state index contributed by atoms with van der Waals surface area (Å²) in [7, 11) is 0. The Morgan fingerprint density at radius 3 is 2.63 bits per heavy atom. The number of piperazine rings is 1. The van der Waals surface area contributed by atoms with Crippen molar-refractivity contribution in [1.29, 1.82) is 0 Å². The minimum Gasteiger partial charge on any atom is -0.337 e. The molecule has 1 amide bonds. The number of benzene rings is 2. The number of hydrogen-bond donors (Lipinski definition) is 0. The Balaban J connectivity index is 1.40. The van der Waals surface area contributed by atoms with Crippen LogP contribution in [0.25, 0.3) is 11.4 Å². The predicted molar refractivity (Wildman–Crippen MR) is 112 cm³/mol. The zero-order chi connectivity index (χ0) is 21.3. The molecule has 0 spiro atoms. The molecule has 1 aliphatic heterocycles. The van der Waals surface area contributed by atoms with Crippen LogP contribution >= 0.6 is 11.6 Å². The molecule has 156 valence electrons. The molecule has 8 heteroatoms. The summed E-state index contributed by atoms with van der Waals surface area (Å²) >= 11 is 6.00. The highest BCUT2D eigenvalue weighted by molar-refractivity contribution is 6.30. The Morgan fingerprint density at radius 1 is 1.17 bits per heavy atom. The second-order valence-electron chi connectivity index (χ2n) is 7.43. The van der Waals surface area contributed by atoms with E-state index < -0.39 is 0 Å². The summed E-state index contributed by atoms with van der Waals surface area (Å²) < 4.78 is 19.3. The number of nitrogens with zero attached hydrogens (tertiary/aromatic N) is 4. The van der Waals surface area contributed by atoms with Crippen LogP contribution in [0, 0.1) is 12.7 Å². The average molecular weight is 429 g/mol. The van der Waals surface area contributed by atoms with Gasteiger partial charge in [-0.05, 0) is 43.7 Å². The lowest BCUT2D eigenvalue weighted by molar-refractivity contribution is 0.0551. The lowest BCUT2D eigenvalue weighted by Crippen LogP contribution is -2.49. The van der Waals surface area contributed by atoms with Crippen LogP contribution in [-0.2, 0) is 0 Å². The zero-order valence-corrected chi connectivity index (χ0v) is 17.6. The fourth-order valence-corrected chi connectivity index (χ4v) is 3.72. The van der Waals surface area contributed by atoms with Crippen molar-refractivity contribution in [2.75, 3.05) is 26.2 Å². The van der Waals surface area contributed by atoms with E-state index in [0.717, 1.165) is 0 Å². The van der Waals surface area contributed by atoms with Gasteiger partial charge < -0.3 is 9.42 Å². The van der Waals surface area contributed by atoms with Crippen molar-refractivity contribution >= 4 is 17.5 Å². The number of rotatable bonds is 4. The molecule has 0 aliphatic carbocycles. The molecule has 1 unspecified atom stereocenters. The van der Waals surface area contributed by atoms with Gasteiger partial charge in [0.2, 0.25) is 11.7 Å². The molecule has 2 heterocycles. The lowest BCUT2D eigenvalue weighted by atomic mass is 10.1. The fraction of sp³-hybridized carbons (Fsp3) is 0.318. The molecule has 3 aromatic rings. The van der Waals surface area contributed by atoms with Gasteiger partial charge >= 0.3 is 0 Å². The van der Waals surface area contributed by atoms with Crippen LogP contribution in [0.5, 0.6) is 0 Å². The highest BCUT2D eigenvalue weighted by atomic mass is 35.5. The van der Waals surface area contributed by atoms with Gasteiger partial charge in [-0.15, -0.1) is 0 Å². The van der Waals surface area contributed by atoms with Crippen LogP contribution in [-0.4, -0.2) is 52.0 Å². The second kappa shape index (κ2) is 8.53. The second-order valence-corrected chi connectivity index (χ2v) is 7.87. The topological polar surface area (TPSA) is 62.5 Å². The SMILES string of the molecule is Cc1ccc(-c2noc(C(C)N3CCN(C(=O)c4cccc(Cl)c4)CC3)n2)cc1F. The summed E-state index contributed by atoms with van der Waals surface area (Å²) in [5.41, 5.74) is 1.74. The molecule has 0 N–H and O–H groups in total. The van der Waals surface area contributed by atoms with Crippen molar-refractivity contribution in [3.05, 3.63) is 70.3 Å². The molecule has 1 saturated heterocycles. The third kappa shape index (κ3) is 4.22. The molecule has 0 bridgehead atoms.